The van der Waals surface area contributed by atoms with Crippen LogP contribution in [0.15, 0.2) is 30.3 Å². The Morgan fingerprint density at radius 3 is 1.92 bits per heavy atom. The summed E-state index contributed by atoms with van der Waals surface area (Å²) in [6, 6.07) is 9.27. The van der Waals surface area contributed by atoms with Gasteiger partial charge < -0.3 is 18.9 Å². The van der Waals surface area contributed by atoms with Crippen LogP contribution in [0.2, 0.25) is 0 Å². The van der Waals surface area contributed by atoms with Crippen LogP contribution in [0.4, 0.5) is 0 Å². The van der Waals surface area contributed by atoms with Gasteiger partial charge in [-0.15, -0.1) is 11.3 Å². The van der Waals surface area contributed by atoms with Crippen LogP contribution in [0.1, 0.15) is 45.0 Å². The zero-order valence-electron chi connectivity index (χ0n) is 13.2. The molecule has 0 atom stereocenters. The molecule has 2 aromatic rings. The van der Waals surface area contributed by atoms with E-state index in [1.165, 1.54) is 0 Å². The van der Waals surface area contributed by atoms with Gasteiger partial charge in [-0.1, -0.05) is 30.3 Å². The third-order valence-electron chi connectivity index (χ3n) is 3.27. The second-order valence-electron chi connectivity index (χ2n) is 4.84. The maximum Gasteiger partial charge on any atom is 0.352 e. The Labute approximate surface area is 142 Å². The zero-order valence-corrected chi connectivity index (χ0v) is 14.1. The first-order valence-corrected chi connectivity index (χ1v) is 8.36. The molecule has 3 rings (SSSR count). The number of carbonyl (C=O) groups is 2. The Hall–Kier alpha value is -2.54. The second-order valence-corrected chi connectivity index (χ2v) is 5.86. The summed E-state index contributed by atoms with van der Waals surface area (Å²) in [7, 11) is 0. The number of hydrogen-bond acceptors (Lipinski definition) is 7. The second kappa shape index (κ2) is 6.92. The van der Waals surface area contributed by atoms with Gasteiger partial charge in [0.2, 0.25) is 0 Å². The first-order valence-electron chi connectivity index (χ1n) is 7.55. The average molecular weight is 348 g/mol. The average Bonchev–Trinajstić information content (AvgIpc) is 3.15. The van der Waals surface area contributed by atoms with Crippen LogP contribution in [0.5, 0.6) is 11.5 Å². The molecule has 0 unspecified atom stereocenters. The molecule has 24 heavy (non-hydrogen) atoms. The molecule has 0 saturated heterocycles. The molecule has 0 radical (unpaired) electrons. The van der Waals surface area contributed by atoms with E-state index in [9.17, 15) is 9.59 Å². The van der Waals surface area contributed by atoms with E-state index in [0.29, 0.717) is 0 Å². The first kappa shape index (κ1) is 16.3. The molecular formula is C17H16O6S. The summed E-state index contributed by atoms with van der Waals surface area (Å²) < 4.78 is 21.6. The van der Waals surface area contributed by atoms with Crippen molar-refractivity contribution < 1.29 is 28.5 Å². The molecule has 2 heterocycles. The Balaban J connectivity index is 1.97. The molecule has 0 fully saturated rings. The normalized spacial score (nSPS) is 12.9. The zero-order chi connectivity index (χ0) is 17.1. The fourth-order valence-electron chi connectivity index (χ4n) is 2.26. The predicted octanol–water partition coefficient (Wildman–Crippen LogP) is 3.57. The molecule has 0 bridgehead atoms. The van der Waals surface area contributed by atoms with Gasteiger partial charge in [-0.2, -0.15) is 0 Å². The van der Waals surface area contributed by atoms with Crippen LogP contribution in [0.25, 0.3) is 0 Å². The van der Waals surface area contributed by atoms with Crippen molar-refractivity contribution in [3.05, 3.63) is 45.6 Å². The van der Waals surface area contributed by atoms with Gasteiger partial charge in [-0.25, -0.2) is 9.59 Å². The number of rotatable bonds is 5. The minimum Gasteiger partial charge on any atom is -0.462 e. The van der Waals surface area contributed by atoms with Crippen molar-refractivity contribution in [2.45, 2.75) is 20.1 Å². The Morgan fingerprint density at radius 2 is 1.46 bits per heavy atom. The highest BCUT2D eigenvalue weighted by Gasteiger charge is 2.38. The van der Waals surface area contributed by atoms with E-state index in [1.54, 1.807) is 13.8 Å². The number of esters is 2. The molecule has 0 spiro atoms. The minimum absolute atomic E-state index is 0.202. The molecule has 1 aliphatic heterocycles. The van der Waals surface area contributed by atoms with Crippen molar-refractivity contribution in [1.82, 2.24) is 0 Å². The largest absolute Gasteiger partial charge is 0.462 e. The Kier molecular flexibility index (Phi) is 4.71. The maximum absolute atomic E-state index is 12.1. The third kappa shape index (κ3) is 2.94. The van der Waals surface area contributed by atoms with Crippen molar-refractivity contribution in [2.24, 2.45) is 0 Å². The maximum atomic E-state index is 12.1. The summed E-state index contributed by atoms with van der Waals surface area (Å²) in [5, 5.41) is 0. The highest BCUT2D eigenvalue weighted by Crippen LogP contribution is 2.50. The highest BCUT2D eigenvalue weighted by atomic mass is 32.1. The summed E-state index contributed by atoms with van der Waals surface area (Å²) >= 11 is 0.956. The van der Waals surface area contributed by atoms with Gasteiger partial charge in [-0.05, 0) is 13.8 Å². The third-order valence-corrected chi connectivity index (χ3v) is 4.38. The van der Waals surface area contributed by atoms with E-state index in [0.717, 1.165) is 16.9 Å². The predicted molar refractivity (Wildman–Crippen MR) is 86.7 cm³/mol. The van der Waals surface area contributed by atoms with Gasteiger partial charge in [0.05, 0.1) is 13.2 Å². The highest BCUT2D eigenvalue weighted by molar-refractivity contribution is 7.16. The van der Waals surface area contributed by atoms with Crippen molar-refractivity contribution in [2.75, 3.05) is 13.2 Å². The fraction of sp³-hybridized carbons (Fsp3) is 0.294. The van der Waals surface area contributed by atoms with E-state index >= 15 is 0 Å². The van der Waals surface area contributed by atoms with Crippen LogP contribution in [-0.4, -0.2) is 25.2 Å². The quantitative estimate of drug-likeness (QED) is 0.769. The van der Waals surface area contributed by atoms with E-state index in [-0.39, 0.29) is 34.5 Å². The lowest BCUT2D eigenvalue weighted by atomic mass is 10.2. The number of carbonyl (C=O) groups excluding carboxylic acids is 2. The smallest absolute Gasteiger partial charge is 0.352 e. The molecule has 1 aliphatic rings. The van der Waals surface area contributed by atoms with E-state index in [2.05, 4.69) is 0 Å². The number of fused-ring (bicyclic) bond motifs is 1. The van der Waals surface area contributed by atoms with Crippen molar-refractivity contribution in [3.63, 3.8) is 0 Å². The molecular weight excluding hydrogens is 332 g/mol. The van der Waals surface area contributed by atoms with Crippen LogP contribution in [0.3, 0.4) is 0 Å². The molecule has 0 N–H and O–H groups in total. The summed E-state index contributed by atoms with van der Waals surface area (Å²) in [6.07, 6.45) is -0.717. The van der Waals surface area contributed by atoms with Gasteiger partial charge in [0.15, 0.2) is 21.3 Å². The summed E-state index contributed by atoms with van der Waals surface area (Å²) in [4.78, 5) is 24.7. The van der Waals surface area contributed by atoms with Gasteiger partial charge in [0.1, 0.15) is 0 Å². The molecule has 6 nitrogen and oxygen atoms in total. The van der Waals surface area contributed by atoms with Gasteiger partial charge in [0, 0.05) is 5.56 Å². The van der Waals surface area contributed by atoms with Crippen molar-refractivity contribution in [1.29, 1.82) is 0 Å². The lowest BCUT2D eigenvalue weighted by Gasteiger charge is -2.11. The molecule has 0 amide bonds. The molecule has 126 valence electrons. The van der Waals surface area contributed by atoms with Gasteiger partial charge in [0.25, 0.3) is 6.29 Å². The number of ether oxygens (including phenoxy) is 4. The van der Waals surface area contributed by atoms with Crippen molar-refractivity contribution in [3.8, 4) is 11.5 Å². The van der Waals surface area contributed by atoms with Gasteiger partial charge in [-0.3, -0.25) is 0 Å². The topological polar surface area (TPSA) is 71.1 Å². The standard InChI is InChI=1S/C17H16O6S/c1-3-20-15(18)13-11-12(14(24-13)16(19)21-4-2)23-17(22-11)10-8-6-5-7-9-10/h5-9,17H,3-4H2,1-2H3. The van der Waals surface area contributed by atoms with E-state index < -0.39 is 18.2 Å². The lowest BCUT2D eigenvalue weighted by molar-refractivity contribution is 0.0418. The first-order chi connectivity index (χ1) is 11.7. The van der Waals surface area contributed by atoms with Crippen molar-refractivity contribution >= 4 is 23.3 Å². The Bertz CT molecular complexity index is 709. The molecule has 0 saturated carbocycles. The summed E-state index contributed by atoms with van der Waals surface area (Å²) in [5.41, 5.74) is 0.781. The molecule has 1 aromatic carbocycles. The SMILES string of the molecule is CCOC(=O)c1sc(C(=O)OCC)c2c1OC(c1ccccc1)O2. The minimum atomic E-state index is -0.717. The molecule has 7 heteroatoms. The van der Waals surface area contributed by atoms with Gasteiger partial charge >= 0.3 is 11.9 Å². The Morgan fingerprint density at radius 1 is 0.958 bits per heavy atom. The number of benzene rings is 1. The monoisotopic (exact) mass is 348 g/mol. The van der Waals surface area contributed by atoms with E-state index in [1.807, 2.05) is 30.3 Å². The van der Waals surface area contributed by atoms with Crippen LogP contribution >= 0.6 is 11.3 Å². The van der Waals surface area contributed by atoms with E-state index in [4.69, 9.17) is 18.9 Å². The summed E-state index contributed by atoms with van der Waals surface area (Å²) in [5.74, 6) is -0.635. The number of hydrogen-bond donors (Lipinski definition) is 0. The molecule has 0 aliphatic carbocycles. The van der Waals surface area contributed by atoms with Crippen LogP contribution < -0.4 is 9.47 Å². The van der Waals surface area contributed by atoms with Crippen LogP contribution in [0, 0.1) is 0 Å². The fourth-order valence-corrected chi connectivity index (χ4v) is 3.22. The van der Waals surface area contributed by atoms with Crippen LogP contribution in [-0.2, 0) is 9.47 Å². The lowest BCUT2D eigenvalue weighted by Crippen LogP contribution is -2.11. The summed E-state index contributed by atoms with van der Waals surface area (Å²) in [6.45, 7) is 3.87. The molecule has 1 aromatic heterocycles. The number of thiophene rings is 1.